The molecule has 88 valence electrons. The van der Waals surface area contributed by atoms with Crippen LogP contribution in [0.1, 0.15) is 32.1 Å². The zero-order chi connectivity index (χ0) is 11.1. The fourth-order valence-corrected chi connectivity index (χ4v) is 2.18. The lowest BCUT2D eigenvalue weighted by molar-refractivity contribution is 0.0396. The molecule has 1 aliphatic heterocycles. The van der Waals surface area contributed by atoms with Gasteiger partial charge in [-0.05, 0) is 32.2 Å². The summed E-state index contributed by atoms with van der Waals surface area (Å²) in [5, 5.41) is 19.0. The van der Waals surface area contributed by atoms with E-state index in [-0.39, 0.29) is 18.8 Å². The first-order chi connectivity index (χ1) is 7.27. The van der Waals surface area contributed by atoms with E-state index in [1.165, 1.54) is 12.8 Å². The van der Waals surface area contributed by atoms with Gasteiger partial charge in [0, 0.05) is 12.6 Å². The molecule has 3 heteroatoms. The van der Waals surface area contributed by atoms with Crippen LogP contribution in [0.5, 0.6) is 0 Å². The van der Waals surface area contributed by atoms with Crippen LogP contribution in [0.15, 0.2) is 12.7 Å². The van der Waals surface area contributed by atoms with Crippen molar-refractivity contribution in [2.24, 2.45) is 0 Å². The summed E-state index contributed by atoms with van der Waals surface area (Å²) in [6.07, 6.45) is 6.63. The van der Waals surface area contributed by atoms with E-state index in [0.717, 1.165) is 25.8 Å². The van der Waals surface area contributed by atoms with Crippen molar-refractivity contribution in [3.8, 4) is 0 Å². The van der Waals surface area contributed by atoms with E-state index in [1.54, 1.807) is 0 Å². The number of rotatable bonds is 6. The number of allylic oxidation sites excluding steroid dienone is 1. The molecule has 0 aromatic heterocycles. The van der Waals surface area contributed by atoms with Crippen molar-refractivity contribution in [3.05, 3.63) is 12.7 Å². The fourth-order valence-electron chi connectivity index (χ4n) is 2.18. The van der Waals surface area contributed by atoms with E-state index in [1.807, 2.05) is 6.08 Å². The van der Waals surface area contributed by atoms with E-state index in [0.29, 0.717) is 6.54 Å². The Morgan fingerprint density at radius 2 is 2.27 bits per heavy atom. The zero-order valence-corrected chi connectivity index (χ0v) is 9.44. The van der Waals surface area contributed by atoms with Crippen molar-refractivity contribution < 1.29 is 10.2 Å². The predicted molar refractivity (Wildman–Crippen MR) is 61.7 cm³/mol. The van der Waals surface area contributed by atoms with Crippen LogP contribution in [-0.2, 0) is 0 Å². The largest absolute Gasteiger partial charge is 0.395 e. The topological polar surface area (TPSA) is 43.7 Å². The standard InChI is InChI=1S/C12H23NO2/c1-2-3-7-12(15)9-13-8-5-4-6-11(13)10-14/h2,11-12,14-15H,1,3-10H2. The molecule has 0 amide bonds. The number of aliphatic hydroxyl groups is 2. The maximum Gasteiger partial charge on any atom is 0.0670 e. The summed E-state index contributed by atoms with van der Waals surface area (Å²) in [5.41, 5.74) is 0. The Morgan fingerprint density at radius 3 is 2.93 bits per heavy atom. The van der Waals surface area contributed by atoms with E-state index >= 15 is 0 Å². The maximum absolute atomic E-state index is 9.77. The van der Waals surface area contributed by atoms with Gasteiger partial charge in [0.05, 0.1) is 12.7 Å². The average Bonchev–Trinajstić information content (AvgIpc) is 2.27. The molecule has 3 nitrogen and oxygen atoms in total. The first-order valence-electron chi connectivity index (χ1n) is 5.91. The molecular formula is C12H23NO2. The molecule has 0 saturated carbocycles. The second-order valence-electron chi connectivity index (χ2n) is 4.35. The second-order valence-corrected chi connectivity index (χ2v) is 4.35. The number of β-amino-alcohol motifs (C(OH)–C–C–N with tert-alkyl or cyclic N) is 1. The molecule has 0 aromatic carbocycles. The quantitative estimate of drug-likeness (QED) is 0.651. The number of hydrogen-bond donors (Lipinski definition) is 2. The highest BCUT2D eigenvalue weighted by atomic mass is 16.3. The van der Waals surface area contributed by atoms with Gasteiger partial charge in [-0.15, -0.1) is 6.58 Å². The summed E-state index contributed by atoms with van der Waals surface area (Å²) in [5.74, 6) is 0. The van der Waals surface area contributed by atoms with Crippen LogP contribution >= 0.6 is 0 Å². The van der Waals surface area contributed by atoms with Crippen molar-refractivity contribution in [2.75, 3.05) is 19.7 Å². The zero-order valence-electron chi connectivity index (χ0n) is 9.44. The minimum atomic E-state index is -0.282. The van der Waals surface area contributed by atoms with Gasteiger partial charge in [0.1, 0.15) is 0 Å². The third-order valence-corrected chi connectivity index (χ3v) is 3.11. The molecule has 2 N–H and O–H groups in total. The van der Waals surface area contributed by atoms with E-state index in [4.69, 9.17) is 0 Å². The summed E-state index contributed by atoms with van der Waals surface area (Å²) >= 11 is 0. The highest BCUT2D eigenvalue weighted by molar-refractivity contribution is 4.79. The van der Waals surface area contributed by atoms with Gasteiger partial charge < -0.3 is 10.2 Å². The predicted octanol–water partition coefficient (Wildman–Crippen LogP) is 1.16. The number of likely N-dealkylation sites (tertiary alicyclic amines) is 1. The molecule has 2 atom stereocenters. The van der Waals surface area contributed by atoms with Gasteiger partial charge in [-0.1, -0.05) is 12.5 Å². The van der Waals surface area contributed by atoms with Crippen LogP contribution in [0.25, 0.3) is 0 Å². The highest BCUT2D eigenvalue weighted by Gasteiger charge is 2.23. The smallest absolute Gasteiger partial charge is 0.0670 e. The molecule has 2 unspecified atom stereocenters. The first-order valence-corrected chi connectivity index (χ1v) is 5.91. The summed E-state index contributed by atoms with van der Waals surface area (Å²) in [6, 6.07) is 0.261. The monoisotopic (exact) mass is 213 g/mol. The van der Waals surface area contributed by atoms with Crippen LogP contribution in [0.4, 0.5) is 0 Å². The number of piperidine rings is 1. The third-order valence-electron chi connectivity index (χ3n) is 3.11. The lowest BCUT2D eigenvalue weighted by Crippen LogP contribution is -2.45. The van der Waals surface area contributed by atoms with Gasteiger partial charge in [-0.2, -0.15) is 0 Å². The van der Waals surface area contributed by atoms with E-state index in [9.17, 15) is 10.2 Å². The Labute approximate surface area is 92.4 Å². The van der Waals surface area contributed by atoms with Crippen LogP contribution in [0, 0.1) is 0 Å². The van der Waals surface area contributed by atoms with Crippen LogP contribution in [0.2, 0.25) is 0 Å². The molecule has 0 radical (unpaired) electrons. The number of aliphatic hydroxyl groups excluding tert-OH is 2. The first kappa shape index (κ1) is 12.7. The Morgan fingerprint density at radius 1 is 1.47 bits per heavy atom. The van der Waals surface area contributed by atoms with Crippen molar-refractivity contribution in [3.63, 3.8) is 0 Å². The Hall–Kier alpha value is -0.380. The molecule has 0 aromatic rings. The van der Waals surface area contributed by atoms with E-state index < -0.39 is 0 Å². The number of hydrogen-bond acceptors (Lipinski definition) is 3. The van der Waals surface area contributed by atoms with Gasteiger partial charge in [0.25, 0.3) is 0 Å². The summed E-state index contributed by atoms with van der Waals surface area (Å²) in [4.78, 5) is 2.22. The molecule has 1 saturated heterocycles. The molecule has 15 heavy (non-hydrogen) atoms. The fraction of sp³-hybridized carbons (Fsp3) is 0.833. The van der Waals surface area contributed by atoms with E-state index in [2.05, 4.69) is 11.5 Å². The van der Waals surface area contributed by atoms with Gasteiger partial charge in [0.15, 0.2) is 0 Å². The van der Waals surface area contributed by atoms with Gasteiger partial charge >= 0.3 is 0 Å². The molecule has 1 heterocycles. The lowest BCUT2D eigenvalue weighted by Gasteiger charge is -2.35. The summed E-state index contributed by atoms with van der Waals surface area (Å²) < 4.78 is 0. The van der Waals surface area contributed by atoms with Crippen molar-refractivity contribution in [1.82, 2.24) is 4.90 Å². The molecule has 1 fully saturated rings. The molecule has 0 spiro atoms. The molecule has 0 bridgehead atoms. The Kier molecular flexibility index (Phi) is 5.91. The Balaban J connectivity index is 2.30. The van der Waals surface area contributed by atoms with Crippen LogP contribution in [-0.4, -0.2) is 47.0 Å². The van der Waals surface area contributed by atoms with Gasteiger partial charge in [0.2, 0.25) is 0 Å². The van der Waals surface area contributed by atoms with Crippen LogP contribution in [0.3, 0.4) is 0 Å². The maximum atomic E-state index is 9.77. The third kappa shape index (κ3) is 4.33. The Bertz CT molecular complexity index is 184. The summed E-state index contributed by atoms with van der Waals surface area (Å²) in [7, 11) is 0. The minimum absolute atomic E-state index is 0.216. The number of nitrogens with zero attached hydrogens (tertiary/aromatic N) is 1. The van der Waals surface area contributed by atoms with Gasteiger partial charge in [-0.3, -0.25) is 4.90 Å². The second kappa shape index (κ2) is 6.99. The SMILES string of the molecule is C=CCCC(O)CN1CCCCC1CO. The summed E-state index contributed by atoms with van der Waals surface area (Å²) in [6.45, 7) is 5.57. The van der Waals surface area contributed by atoms with Crippen molar-refractivity contribution >= 4 is 0 Å². The molecule has 0 aliphatic carbocycles. The minimum Gasteiger partial charge on any atom is -0.395 e. The normalized spacial score (nSPS) is 25.1. The molecular weight excluding hydrogens is 190 g/mol. The van der Waals surface area contributed by atoms with Gasteiger partial charge in [-0.25, -0.2) is 0 Å². The lowest BCUT2D eigenvalue weighted by atomic mass is 10.0. The molecule has 1 aliphatic rings. The van der Waals surface area contributed by atoms with Crippen LogP contribution < -0.4 is 0 Å². The molecule has 1 rings (SSSR count). The average molecular weight is 213 g/mol. The van der Waals surface area contributed by atoms with Crippen molar-refractivity contribution in [1.29, 1.82) is 0 Å². The van der Waals surface area contributed by atoms with Crippen molar-refractivity contribution in [2.45, 2.75) is 44.2 Å². The highest BCUT2D eigenvalue weighted by Crippen LogP contribution is 2.17.